The summed E-state index contributed by atoms with van der Waals surface area (Å²) in [6.07, 6.45) is 4.20. The summed E-state index contributed by atoms with van der Waals surface area (Å²) in [5.74, 6) is -0.131. The lowest BCUT2D eigenvalue weighted by molar-refractivity contribution is 0.616. The second kappa shape index (κ2) is 3.85. The van der Waals surface area contributed by atoms with Crippen molar-refractivity contribution in [2.24, 2.45) is 7.05 Å². The Labute approximate surface area is 88.4 Å². The van der Waals surface area contributed by atoms with Crippen LogP contribution in [-0.2, 0) is 13.5 Å². The second-order valence-electron chi connectivity index (χ2n) is 3.53. The van der Waals surface area contributed by atoms with E-state index < -0.39 is 0 Å². The topological polar surface area (TPSA) is 17.8 Å². The van der Waals surface area contributed by atoms with Crippen LogP contribution >= 0.6 is 0 Å². The molecule has 0 radical (unpaired) electrons. The molecule has 1 heterocycles. The van der Waals surface area contributed by atoms with Crippen LogP contribution in [-0.4, -0.2) is 9.78 Å². The Morgan fingerprint density at radius 2 is 2.20 bits per heavy atom. The van der Waals surface area contributed by atoms with Gasteiger partial charge in [-0.25, -0.2) is 4.39 Å². The molecule has 2 nitrogen and oxygen atoms in total. The third-order valence-electron chi connectivity index (χ3n) is 2.48. The lowest BCUT2D eigenvalue weighted by Gasteiger charge is -2.04. The lowest BCUT2D eigenvalue weighted by Crippen LogP contribution is -1.90. The Hall–Kier alpha value is -1.64. The van der Waals surface area contributed by atoms with Crippen LogP contribution in [0.2, 0.25) is 0 Å². The van der Waals surface area contributed by atoms with Crippen LogP contribution in [0, 0.1) is 5.82 Å². The zero-order chi connectivity index (χ0) is 10.8. The molecule has 0 amide bonds. The molecule has 0 spiro atoms. The van der Waals surface area contributed by atoms with Gasteiger partial charge in [0, 0.05) is 24.4 Å². The fraction of sp³-hybridized carbons (Fsp3) is 0.250. The molecule has 0 aliphatic heterocycles. The summed E-state index contributed by atoms with van der Waals surface area (Å²) in [5.41, 5.74) is 2.20. The number of rotatable bonds is 2. The van der Waals surface area contributed by atoms with Gasteiger partial charge in [0.25, 0.3) is 0 Å². The molecule has 0 N–H and O–H groups in total. The first kappa shape index (κ1) is 9.90. The number of hydrogen-bond donors (Lipinski definition) is 0. The van der Waals surface area contributed by atoms with Gasteiger partial charge in [-0.1, -0.05) is 25.1 Å². The molecule has 0 bridgehead atoms. The van der Waals surface area contributed by atoms with Crippen molar-refractivity contribution >= 4 is 0 Å². The van der Waals surface area contributed by atoms with Crippen molar-refractivity contribution in [1.82, 2.24) is 9.78 Å². The van der Waals surface area contributed by atoms with Crippen LogP contribution in [0.25, 0.3) is 11.1 Å². The van der Waals surface area contributed by atoms with E-state index in [9.17, 15) is 4.39 Å². The smallest absolute Gasteiger partial charge is 0.134 e. The lowest BCUT2D eigenvalue weighted by atomic mass is 10.0. The highest BCUT2D eigenvalue weighted by atomic mass is 19.1. The molecular weight excluding hydrogens is 191 g/mol. The fourth-order valence-electron chi connectivity index (χ4n) is 1.64. The van der Waals surface area contributed by atoms with Crippen molar-refractivity contribution in [3.05, 3.63) is 42.0 Å². The molecule has 0 atom stereocenters. The van der Waals surface area contributed by atoms with Crippen molar-refractivity contribution in [1.29, 1.82) is 0 Å². The van der Waals surface area contributed by atoms with Gasteiger partial charge in [0.15, 0.2) is 0 Å². The van der Waals surface area contributed by atoms with Gasteiger partial charge in [-0.3, -0.25) is 4.68 Å². The maximum atomic E-state index is 13.9. The van der Waals surface area contributed by atoms with E-state index in [1.165, 1.54) is 0 Å². The van der Waals surface area contributed by atoms with E-state index >= 15 is 0 Å². The molecule has 0 saturated heterocycles. The minimum absolute atomic E-state index is 0.131. The standard InChI is InChI=1S/C12H13FN2/c1-3-9-5-4-6-11(12(9)13)10-7-14-15(2)8-10/h4-8H,3H2,1-2H3. The second-order valence-corrected chi connectivity index (χ2v) is 3.53. The van der Waals surface area contributed by atoms with Gasteiger partial charge in [0.05, 0.1) is 6.20 Å². The number of aromatic nitrogens is 2. The van der Waals surface area contributed by atoms with E-state index in [1.807, 2.05) is 32.3 Å². The normalized spacial score (nSPS) is 10.6. The van der Waals surface area contributed by atoms with E-state index in [4.69, 9.17) is 0 Å². The largest absolute Gasteiger partial charge is 0.275 e. The first-order chi connectivity index (χ1) is 7.22. The molecule has 0 fully saturated rings. The summed E-state index contributed by atoms with van der Waals surface area (Å²) in [4.78, 5) is 0. The van der Waals surface area contributed by atoms with Gasteiger partial charge in [-0.2, -0.15) is 5.10 Å². The molecule has 78 valence electrons. The first-order valence-electron chi connectivity index (χ1n) is 4.98. The number of halogens is 1. The SMILES string of the molecule is CCc1cccc(-c2cnn(C)c2)c1F. The predicted octanol–water partition coefficient (Wildman–Crippen LogP) is 2.79. The number of nitrogens with zero attached hydrogens (tertiary/aromatic N) is 2. The van der Waals surface area contributed by atoms with Crippen LogP contribution in [0.5, 0.6) is 0 Å². The van der Waals surface area contributed by atoms with Gasteiger partial charge in [-0.05, 0) is 12.0 Å². The summed E-state index contributed by atoms with van der Waals surface area (Å²) >= 11 is 0. The summed E-state index contributed by atoms with van der Waals surface area (Å²) in [6.45, 7) is 1.95. The monoisotopic (exact) mass is 204 g/mol. The van der Waals surface area contributed by atoms with E-state index in [0.29, 0.717) is 12.0 Å². The number of aryl methyl sites for hydroxylation is 2. The van der Waals surface area contributed by atoms with E-state index in [0.717, 1.165) is 11.1 Å². The number of hydrogen-bond acceptors (Lipinski definition) is 1. The molecule has 2 rings (SSSR count). The average molecular weight is 204 g/mol. The minimum atomic E-state index is -0.131. The molecule has 0 saturated carbocycles. The predicted molar refractivity (Wildman–Crippen MR) is 58.0 cm³/mol. The summed E-state index contributed by atoms with van der Waals surface area (Å²) in [6, 6.07) is 5.48. The number of benzene rings is 1. The van der Waals surface area contributed by atoms with E-state index in [1.54, 1.807) is 16.9 Å². The van der Waals surface area contributed by atoms with Gasteiger partial charge in [0.2, 0.25) is 0 Å². The van der Waals surface area contributed by atoms with Crippen molar-refractivity contribution in [2.45, 2.75) is 13.3 Å². The van der Waals surface area contributed by atoms with E-state index in [-0.39, 0.29) is 5.82 Å². The maximum absolute atomic E-state index is 13.9. The third kappa shape index (κ3) is 1.77. The fourth-order valence-corrected chi connectivity index (χ4v) is 1.64. The summed E-state index contributed by atoms with van der Waals surface area (Å²) in [7, 11) is 1.82. The van der Waals surface area contributed by atoms with Gasteiger partial charge < -0.3 is 0 Å². The van der Waals surface area contributed by atoms with Crippen LogP contribution in [0.4, 0.5) is 4.39 Å². The molecule has 1 aromatic heterocycles. The van der Waals surface area contributed by atoms with Crippen LogP contribution in [0.3, 0.4) is 0 Å². The van der Waals surface area contributed by atoms with Gasteiger partial charge in [-0.15, -0.1) is 0 Å². The van der Waals surface area contributed by atoms with Crippen LogP contribution in [0.1, 0.15) is 12.5 Å². The third-order valence-corrected chi connectivity index (χ3v) is 2.48. The quantitative estimate of drug-likeness (QED) is 0.735. The van der Waals surface area contributed by atoms with Crippen molar-refractivity contribution in [3.8, 4) is 11.1 Å². The molecule has 0 unspecified atom stereocenters. The van der Waals surface area contributed by atoms with E-state index in [2.05, 4.69) is 5.10 Å². The molecule has 2 aromatic rings. The van der Waals surface area contributed by atoms with Crippen LogP contribution in [0.15, 0.2) is 30.6 Å². The van der Waals surface area contributed by atoms with Crippen molar-refractivity contribution < 1.29 is 4.39 Å². The summed E-state index contributed by atoms with van der Waals surface area (Å²) in [5, 5.41) is 4.04. The molecule has 0 aliphatic carbocycles. The summed E-state index contributed by atoms with van der Waals surface area (Å²) < 4.78 is 15.6. The Balaban J connectivity index is 2.53. The highest BCUT2D eigenvalue weighted by molar-refractivity contribution is 5.63. The molecule has 15 heavy (non-hydrogen) atoms. The average Bonchev–Trinajstić information content (AvgIpc) is 2.65. The molecule has 1 aromatic carbocycles. The highest BCUT2D eigenvalue weighted by Gasteiger charge is 2.09. The molecule has 3 heteroatoms. The Morgan fingerprint density at radius 3 is 2.80 bits per heavy atom. The van der Waals surface area contributed by atoms with Gasteiger partial charge in [0.1, 0.15) is 5.82 Å². The zero-order valence-corrected chi connectivity index (χ0v) is 8.87. The van der Waals surface area contributed by atoms with Gasteiger partial charge >= 0.3 is 0 Å². The maximum Gasteiger partial charge on any atom is 0.134 e. The minimum Gasteiger partial charge on any atom is -0.275 e. The Morgan fingerprint density at radius 1 is 1.40 bits per heavy atom. The molecule has 0 aliphatic rings. The van der Waals surface area contributed by atoms with Crippen LogP contribution < -0.4 is 0 Å². The highest BCUT2D eigenvalue weighted by Crippen LogP contribution is 2.24. The zero-order valence-electron chi connectivity index (χ0n) is 8.87. The van der Waals surface area contributed by atoms with Crippen molar-refractivity contribution in [3.63, 3.8) is 0 Å². The van der Waals surface area contributed by atoms with Crippen molar-refractivity contribution in [2.75, 3.05) is 0 Å². The Kier molecular flexibility index (Phi) is 2.54. The molecular formula is C12H13FN2. The first-order valence-corrected chi connectivity index (χ1v) is 4.98. The Bertz CT molecular complexity index is 474.